The third-order valence-electron chi connectivity index (χ3n) is 4.81. The summed E-state index contributed by atoms with van der Waals surface area (Å²) >= 11 is 0. The van der Waals surface area contributed by atoms with E-state index >= 15 is 0 Å². The first-order chi connectivity index (χ1) is 13.6. The highest BCUT2D eigenvalue weighted by Crippen LogP contribution is 2.31. The Morgan fingerprint density at radius 1 is 1.07 bits per heavy atom. The molecule has 154 valence electrons. The van der Waals surface area contributed by atoms with Gasteiger partial charge in [-0.2, -0.15) is 0 Å². The number of ether oxygens (including phenoxy) is 2. The minimum atomic E-state index is -0.836. The van der Waals surface area contributed by atoms with Crippen molar-refractivity contribution in [2.45, 2.75) is 71.8 Å². The van der Waals surface area contributed by atoms with Crippen LogP contribution in [0.15, 0.2) is 30.5 Å². The lowest BCUT2D eigenvalue weighted by Gasteiger charge is -2.29. The van der Waals surface area contributed by atoms with Crippen molar-refractivity contribution in [2.75, 3.05) is 18.5 Å². The molecule has 1 aromatic carbocycles. The number of carbonyl (C=O) groups is 1. The first-order valence-electron chi connectivity index (χ1n) is 10.5. The van der Waals surface area contributed by atoms with Crippen molar-refractivity contribution in [3.63, 3.8) is 0 Å². The zero-order valence-electron chi connectivity index (χ0n) is 17.7. The Hall–Kier alpha value is -2.14. The van der Waals surface area contributed by atoms with Crippen LogP contribution < -0.4 is 10.1 Å². The quantitative estimate of drug-likeness (QED) is 0.473. The van der Waals surface area contributed by atoms with Gasteiger partial charge in [0, 0.05) is 18.2 Å². The molecule has 1 amide bonds. The molecule has 28 heavy (non-hydrogen) atoms. The fourth-order valence-corrected chi connectivity index (χ4v) is 3.13. The van der Waals surface area contributed by atoms with Crippen LogP contribution in [0.2, 0.25) is 0 Å². The topological polar surface area (TPSA) is 60.5 Å². The Labute approximate surface area is 168 Å². The SMILES string of the molecule is CCCCC[C@@](C)(OCCC)C(=O)Nc1ccc(OCCC)c2ncccc12. The zero-order valence-corrected chi connectivity index (χ0v) is 17.7. The van der Waals surface area contributed by atoms with Crippen LogP contribution in [0.4, 0.5) is 5.69 Å². The van der Waals surface area contributed by atoms with Gasteiger partial charge in [0.1, 0.15) is 16.9 Å². The second-order valence-corrected chi connectivity index (χ2v) is 7.35. The van der Waals surface area contributed by atoms with Gasteiger partial charge in [0.2, 0.25) is 0 Å². The van der Waals surface area contributed by atoms with Gasteiger partial charge in [0.15, 0.2) is 0 Å². The lowest BCUT2D eigenvalue weighted by molar-refractivity contribution is -0.140. The molecule has 2 rings (SSSR count). The molecule has 0 spiro atoms. The summed E-state index contributed by atoms with van der Waals surface area (Å²) in [5.41, 5.74) is 0.659. The molecular weight excluding hydrogens is 352 g/mol. The number of benzene rings is 1. The number of unbranched alkanes of at least 4 members (excludes halogenated alkanes) is 2. The zero-order chi connectivity index (χ0) is 20.4. The third kappa shape index (κ3) is 5.68. The van der Waals surface area contributed by atoms with Crippen LogP contribution in [0.1, 0.15) is 66.2 Å². The number of hydrogen-bond acceptors (Lipinski definition) is 4. The summed E-state index contributed by atoms with van der Waals surface area (Å²) in [6, 6.07) is 7.59. The van der Waals surface area contributed by atoms with Gasteiger partial charge < -0.3 is 14.8 Å². The molecule has 0 aliphatic rings. The molecule has 2 aromatic rings. The van der Waals surface area contributed by atoms with Gasteiger partial charge in [-0.1, -0.05) is 40.0 Å². The van der Waals surface area contributed by atoms with Gasteiger partial charge in [0.05, 0.1) is 12.3 Å². The van der Waals surface area contributed by atoms with Crippen LogP contribution in [0.25, 0.3) is 10.9 Å². The molecule has 0 unspecified atom stereocenters. The standard InChI is InChI=1S/C23H34N2O3/c1-5-8-9-14-23(4,28-17-7-3)22(26)25-19-12-13-20(27-16-6-2)21-18(19)11-10-15-24-21/h10-13,15H,5-9,14,16-17H2,1-4H3,(H,25,26)/t23-/m1/s1. The molecule has 0 fully saturated rings. The highest BCUT2D eigenvalue weighted by Gasteiger charge is 2.34. The number of pyridine rings is 1. The number of hydrogen-bond donors (Lipinski definition) is 1. The maximum atomic E-state index is 13.1. The summed E-state index contributed by atoms with van der Waals surface area (Å²) in [6.07, 6.45) is 7.43. The van der Waals surface area contributed by atoms with Crippen LogP contribution in [0.5, 0.6) is 5.75 Å². The fraction of sp³-hybridized carbons (Fsp3) is 0.565. The van der Waals surface area contributed by atoms with E-state index in [1.165, 1.54) is 0 Å². The maximum Gasteiger partial charge on any atom is 0.256 e. The highest BCUT2D eigenvalue weighted by atomic mass is 16.5. The number of nitrogens with zero attached hydrogens (tertiary/aromatic N) is 1. The molecule has 0 saturated heterocycles. The van der Waals surface area contributed by atoms with E-state index in [9.17, 15) is 4.79 Å². The van der Waals surface area contributed by atoms with E-state index in [4.69, 9.17) is 9.47 Å². The molecule has 1 atom stereocenters. The van der Waals surface area contributed by atoms with Crippen LogP contribution in [-0.2, 0) is 9.53 Å². The first-order valence-corrected chi connectivity index (χ1v) is 10.5. The molecule has 1 N–H and O–H groups in total. The normalized spacial score (nSPS) is 13.3. The average molecular weight is 387 g/mol. The van der Waals surface area contributed by atoms with Gasteiger partial charge in [-0.15, -0.1) is 0 Å². The Morgan fingerprint density at radius 2 is 1.86 bits per heavy atom. The summed E-state index contributed by atoms with van der Waals surface area (Å²) in [4.78, 5) is 17.6. The smallest absolute Gasteiger partial charge is 0.256 e. The summed E-state index contributed by atoms with van der Waals surface area (Å²) in [5, 5.41) is 3.96. The summed E-state index contributed by atoms with van der Waals surface area (Å²) in [6.45, 7) is 9.39. The molecule has 1 heterocycles. The average Bonchev–Trinajstić information content (AvgIpc) is 2.71. The number of rotatable bonds is 12. The molecule has 0 aliphatic carbocycles. The maximum absolute atomic E-state index is 13.1. The molecular formula is C23H34N2O3. The van der Waals surface area contributed by atoms with E-state index in [0.717, 1.165) is 54.4 Å². The number of nitrogens with one attached hydrogen (secondary N) is 1. The van der Waals surface area contributed by atoms with Gasteiger partial charge in [0.25, 0.3) is 5.91 Å². The molecule has 1 aromatic heterocycles. The molecule has 0 bridgehead atoms. The van der Waals surface area contributed by atoms with Gasteiger partial charge >= 0.3 is 0 Å². The van der Waals surface area contributed by atoms with Crippen molar-refractivity contribution >= 4 is 22.5 Å². The molecule has 0 radical (unpaired) electrons. The minimum absolute atomic E-state index is 0.107. The van der Waals surface area contributed by atoms with E-state index in [1.54, 1.807) is 6.20 Å². The Bertz CT molecular complexity index is 763. The van der Waals surface area contributed by atoms with Crippen molar-refractivity contribution < 1.29 is 14.3 Å². The van der Waals surface area contributed by atoms with E-state index in [2.05, 4.69) is 31.1 Å². The largest absolute Gasteiger partial charge is 0.491 e. The Balaban J connectivity index is 2.26. The van der Waals surface area contributed by atoms with Gasteiger partial charge in [-0.05, 0) is 50.5 Å². The van der Waals surface area contributed by atoms with Crippen molar-refractivity contribution in [3.05, 3.63) is 30.5 Å². The molecule has 0 aliphatic heterocycles. The number of anilines is 1. The van der Waals surface area contributed by atoms with Crippen molar-refractivity contribution in [1.82, 2.24) is 4.98 Å². The number of carbonyl (C=O) groups excluding carboxylic acids is 1. The van der Waals surface area contributed by atoms with Crippen molar-refractivity contribution in [2.24, 2.45) is 0 Å². The van der Waals surface area contributed by atoms with Crippen LogP contribution in [0.3, 0.4) is 0 Å². The van der Waals surface area contributed by atoms with Gasteiger partial charge in [-0.3, -0.25) is 9.78 Å². The van der Waals surface area contributed by atoms with Gasteiger partial charge in [-0.25, -0.2) is 0 Å². The summed E-state index contributed by atoms with van der Waals surface area (Å²) in [7, 11) is 0. The van der Waals surface area contributed by atoms with Crippen LogP contribution >= 0.6 is 0 Å². The highest BCUT2D eigenvalue weighted by molar-refractivity contribution is 6.05. The predicted octanol–water partition coefficient (Wildman–Crippen LogP) is 5.73. The molecule has 5 nitrogen and oxygen atoms in total. The van der Waals surface area contributed by atoms with Crippen molar-refractivity contribution in [1.29, 1.82) is 0 Å². The van der Waals surface area contributed by atoms with E-state index in [-0.39, 0.29) is 5.91 Å². The minimum Gasteiger partial charge on any atom is -0.491 e. The van der Waals surface area contributed by atoms with E-state index in [1.807, 2.05) is 31.2 Å². The molecule has 0 saturated carbocycles. The number of amides is 1. The van der Waals surface area contributed by atoms with Crippen LogP contribution in [0, 0.1) is 0 Å². The predicted molar refractivity (Wildman–Crippen MR) is 115 cm³/mol. The van der Waals surface area contributed by atoms with E-state index < -0.39 is 5.60 Å². The second kappa shape index (κ2) is 11.0. The monoisotopic (exact) mass is 386 g/mol. The number of fused-ring (bicyclic) bond motifs is 1. The van der Waals surface area contributed by atoms with Crippen LogP contribution in [-0.4, -0.2) is 29.7 Å². The van der Waals surface area contributed by atoms with Crippen molar-refractivity contribution in [3.8, 4) is 5.75 Å². The van der Waals surface area contributed by atoms with E-state index in [0.29, 0.717) is 19.6 Å². The second-order valence-electron chi connectivity index (χ2n) is 7.35. The summed E-state index contributed by atoms with van der Waals surface area (Å²) < 4.78 is 11.8. The lowest BCUT2D eigenvalue weighted by atomic mass is 9.96. The summed E-state index contributed by atoms with van der Waals surface area (Å²) in [5.74, 6) is 0.632. The Kier molecular flexibility index (Phi) is 8.71. The fourth-order valence-electron chi connectivity index (χ4n) is 3.13. The molecule has 5 heteroatoms. The first kappa shape index (κ1) is 22.2. The number of aromatic nitrogens is 1. The third-order valence-corrected chi connectivity index (χ3v) is 4.81. The Morgan fingerprint density at radius 3 is 2.57 bits per heavy atom. The lowest BCUT2D eigenvalue weighted by Crippen LogP contribution is -2.43.